The van der Waals surface area contributed by atoms with Crippen LogP contribution in [0.1, 0.15) is 15.9 Å². The number of ether oxygens (including phenoxy) is 1. The molecule has 1 aromatic heterocycles. The van der Waals surface area contributed by atoms with Gasteiger partial charge < -0.3 is 14.3 Å². The monoisotopic (exact) mass is 296 g/mol. The van der Waals surface area contributed by atoms with E-state index in [0.29, 0.717) is 16.5 Å². The Hall–Kier alpha value is -3.08. The van der Waals surface area contributed by atoms with E-state index in [0.717, 1.165) is 0 Å². The molecule has 1 N–H and O–H groups in total. The van der Waals surface area contributed by atoms with Gasteiger partial charge in [-0.05, 0) is 37.3 Å². The van der Waals surface area contributed by atoms with Gasteiger partial charge in [-0.3, -0.25) is 0 Å². The summed E-state index contributed by atoms with van der Waals surface area (Å²) in [5.41, 5.74) is 0.286. The number of benzene rings is 2. The molecule has 0 aliphatic heterocycles. The highest BCUT2D eigenvalue weighted by atomic mass is 16.5. The third kappa shape index (κ3) is 2.44. The third-order valence-corrected chi connectivity index (χ3v) is 3.30. The molecule has 0 aliphatic carbocycles. The van der Waals surface area contributed by atoms with Crippen molar-refractivity contribution in [3.63, 3.8) is 0 Å². The lowest BCUT2D eigenvalue weighted by Crippen LogP contribution is -2.14. The first-order chi connectivity index (χ1) is 10.6. The fourth-order valence-corrected chi connectivity index (χ4v) is 2.10. The van der Waals surface area contributed by atoms with Crippen LogP contribution in [0.2, 0.25) is 0 Å². The Kier molecular flexibility index (Phi) is 3.39. The largest absolute Gasteiger partial charge is 0.508 e. The summed E-state index contributed by atoms with van der Waals surface area (Å²) in [5, 5.41) is 10.2. The second-order valence-electron chi connectivity index (χ2n) is 4.78. The van der Waals surface area contributed by atoms with Crippen molar-refractivity contribution in [2.24, 2.45) is 0 Å². The first-order valence-electron chi connectivity index (χ1n) is 6.60. The zero-order chi connectivity index (χ0) is 15.7. The first-order valence-corrected chi connectivity index (χ1v) is 6.60. The fourth-order valence-electron chi connectivity index (χ4n) is 2.10. The average Bonchev–Trinajstić information content (AvgIpc) is 2.53. The minimum Gasteiger partial charge on any atom is -0.508 e. The summed E-state index contributed by atoms with van der Waals surface area (Å²) in [6.45, 7) is 1.64. The van der Waals surface area contributed by atoms with Gasteiger partial charge in [0.15, 0.2) is 0 Å². The van der Waals surface area contributed by atoms with E-state index in [1.165, 1.54) is 12.1 Å². The number of aryl methyl sites for hydroxylation is 1. The lowest BCUT2D eigenvalue weighted by atomic mass is 10.1. The number of hydrogen-bond donors (Lipinski definition) is 1. The molecule has 22 heavy (non-hydrogen) atoms. The van der Waals surface area contributed by atoms with Crippen LogP contribution in [0.3, 0.4) is 0 Å². The zero-order valence-electron chi connectivity index (χ0n) is 11.7. The van der Waals surface area contributed by atoms with Gasteiger partial charge in [0.25, 0.3) is 0 Å². The summed E-state index contributed by atoms with van der Waals surface area (Å²) in [7, 11) is 0. The van der Waals surface area contributed by atoms with Gasteiger partial charge in [0.1, 0.15) is 11.3 Å². The van der Waals surface area contributed by atoms with Crippen molar-refractivity contribution < 1.29 is 19.1 Å². The Morgan fingerprint density at radius 3 is 2.59 bits per heavy atom. The van der Waals surface area contributed by atoms with Crippen molar-refractivity contribution >= 4 is 16.9 Å². The Balaban J connectivity index is 2.02. The molecule has 0 spiro atoms. The highest BCUT2D eigenvalue weighted by Gasteiger charge is 2.14. The minimum absolute atomic E-state index is 0.0321. The quantitative estimate of drug-likeness (QED) is 0.581. The molecule has 1 heterocycles. The number of fused-ring (bicyclic) bond motifs is 1. The summed E-state index contributed by atoms with van der Waals surface area (Å²) in [6, 6.07) is 12.9. The van der Waals surface area contributed by atoms with Crippen LogP contribution in [0.4, 0.5) is 0 Å². The summed E-state index contributed by atoms with van der Waals surface area (Å²) in [4.78, 5) is 23.9. The van der Waals surface area contributed by atoms with Crippen molar-refractivity contribution in [3.05, 3.63) is 70.1 Å². The van der Waals surface area contributed by atoms with Crippen LogP contribution in [-0.4, -0.2) is 11.1 Å². The van der Waals surface area contributed by atoms with Crippen LogP contribution in [-0.2, 0) is 0 Å². The minimum atomic E-state index is -0.773. The summed E-state index contributed by atoms with van der Waals surface area (Å²) in [6.07, 6.45) is 0. The molecule has 0 amide bonds. The SMILES string of the molecule is Cc1c(O)ccc2cc(OC(=O)c3ccccc3)c(=O)oc12. The lowest BCUT2D eigenvalue weighted by molar-refractivity contribution is 0.0729. The van der Waals surface area contributed by atoms with Gasteiger partial charge in [-0.15, -0.1) is 0 Å². The van der Waals surface area contributed by atoms with Gasteiger partial charge >= 0.3 is 11.6 Å². The second-order valence-corrected chi connectivity index (χ2v) is 4.78. The molecule has 0 aliphatic rings. The van der Waals surface area contributed by atoms with E-state index < -0.39 is 11.6 Å². The zero-order valence-corrected chi connectivity index (χ0v) is 11.7. The van der Waals surface area contributed by atoms with Gasteiger partial charge in [0.2, 0.25) is 5.75 Å². The number of hydrogen-bond acceptors (Lipinski definition) is 5. The van der Waals surface area contributed by atoms with E-state index in [4.69, 9.17) is 9.15 Å². The van der Waals surface area contributed by atoms with Gasteiger partial charge in [-0.25, -0.2) is 9.59 Å². The fraction of sp³-hybridized carbons (Fsp3) is 0.0588. The van der Waals surface area contributed by atoms with Crippen LogP contribution in [0, 0.1) is 6.92 Å². The topological polar surface area (TPSA) is 76.7 Å². The van der Waals surface area contributed by atoms with E-state index in [-0.39, 0.29) is 17.1 Å². The Morgan fingerprint density at radius 2 is 1.86 bits per heavy atom. The molecule has 0 atom stereocenters. The Bertz CT molecular complexity index is 909. The molecule has 0 saturated heterocycles. The van der Waals surface area contributed by atoms with Gasteiger partial charge in [0, 0.05) is 10.9 Å². The van der Waals surface area contributed by atoms with Gasteiger partial charge in [0.05, 0.1) is 5.56 Å². The van der Waals surface area contributed by atoms with Crippen LogP contribution in [0.25, 0.3) is 11.0 Å². The molecule has 3 rings (SSSR count). The van der Waals surface area contributed by atoms with E-state index in [1.54, 1.807) is 43.3 Å². The van der Waals surface area contributed by atoms with Crippen molar-refractivity contribution in [2.45, 2.75) is 6.92 Å². The number of esters is 1. The molecule has 0 radical (unpaired) electrons. The molecular formula is C17H12O5. The Labute approximate surface area is 125 Å². The number of phenolic OH excluding ortho intramolecular Hbond substituents is 1. The molecular weight excluding hydrogens is 284 g/mol. The second kappa shape index (κ2) is 5.37. The average molecular weight is 296 g/mol. The van der Waals surface area contributed by atoms with Crippen LogP contribution >= 0.6 is 0 Å². The number of carbonyl (C=O) groups excluding carboxylic acids is 1. The van der Waals surface area contributed by atoms with Crippen molar-refractivity contribution in [2.75, 3.05) is 0 Å². The number of carbonyl (C=O) groups is 1. The molecule has 0 saturated carbocycles. The maximum atomic E-state index is 12.0. The van der Waals surface area contributed by atoms with Gasteiger partial charge in [-0.1, -0.05) is 18.2 Å². The maximum Gasteiger partial charge on any atom is 0.379 e. The summed E-state index contributed by atoms with van der Waals surface area (Å²) in [5.74, 6) is -0.793. The molecule has 0 bridgehead atoms. The normalized spacial score (nSPS) is 10.6. The van der Waals surface area contributed by atoms with Crippen LogP contribution in [0.5, 0.6) is 11.5 Å². The molecule has 5 nitrogen and oxygen atoms in total. The maximum absolute atomic E-state index is 12.0. The van der Waals surface area contributed by atoms with E-state index >= 15 is 0 Å². The number of rotatable bonds is 2. The third-order valence-electron chi connectivity index (χ3n) is 3.30. The first kappa shape index (κ1) is 13.9. The predicted molar refractivity (Wildman–Crippen MR) is 80.3 cm³/mol. The Morgan fingerprint density at radius 1 is 1.14 bits per heavy atom. The summed E-state index contributed by atoms with van der Waals surface area (Å²) < 4.78 is 10.3. The standard InChI is InChI=1S/C17H12O5/c1-10-13(18)8-7-12-9-14(17(20)22-15(10)12)21-16(19)11-5-3-2-4-6-11/h2-9,18H,1H3. The lowest BCUT2D eigenvalue weighted by Gasteiger charge is -2.06. The van der Waals surface area contributed by atoms with E-state index in [9.17, 15) is 14.7 Å². The van der Waals surface area contributed by atoms with Crippen molar-refractivity contribution in [1.29, 1.82) is 0 Å². The van der Waals surface area contributed by atoms with Crippen molar-refractivity contribution in [3.8, 4) is 11.5 Å². The molecule has 5 heteroatoms. The number of phenols is 1. The molecule has 0 unspecified atom stereocenters. The van der Waals surface area contributed by atoms with Crippen molar-refractivity contribution in [1.82, 2.24) is 0 Å². The highest BCUT2D eigenvalue weighted by molar-refractivity contribution is 5.91. The molecule has 3 aromatic rings. The number of aromatic hydroxyl groups is 1. The predicted octanol–water partition coefficient (Wildman–Crippen LogP) is 3.03. The van der Waals surface area contributed by atoms with Gasteiger partial charge in [-0.2, -0.15) is 0 Å². The van der Waals surface area contributed by atoms with E-state index in [2.05, 4.69) is 0 Å². The van der Waals surface area contributed by atoms with Crippen LogP contribution in [0.15, 0.2) is 57.7 Å². The van der Waals surface area contributed by atoms with Crippen LogP contribution < -0.4 is 10.4 Å². The summed E-state index contributed by atoms with van der Waals surface area (Å²) >= 11 is 0. The molecule has 2 aromatic carbocycles. The molecule has 0 fully saturated rings. The molecule has 110 valence electrons. The van der Waals surface area contributed by atoms with E-state index in [1.807, 2.05) is 0 Å². The highest BCUT2D eigenvalue weighted by Crippen LogP contribution is 2.27. The smallest absolute Gasteiger partial charge is 0.379 e.